The number of thiazole rings is 1. The minimum Gasteiger partial charge on any atom is -0.494 e. The van der Waals surface area contributed by atoms with Crippen LogP contribution in [-0.2, 0) is 34.6 Å². The lowest BCUT2D eigenvalue weighted by Crippen LogP contribution is -2.45. The Morgan fingerprint density at radius 1 is 0.740 bits per heavy atom. The smallest absolute Gasteiger partial charge is 0.429 e. The third-order valence-corrected chi connectivity index (χ3v) is 19.1. The summed E-state index contributed by atoms with van der Waals surface area (Å²) in [5, 5.41) is 9.39. The molecule has 3 heterocycles. The largest absolute Gasteiger partial charge is 0.494 e. The maximum atomic E-state index is 16.9. The predicted octanol–water partition coefficient (Wildman–Crippen LogP) is 17.5. The van der Waals surface area contributed by atoms with E-state index in [0.717, 1.165) is 136 Å². The number of methoxy groups -OCH3 is 1. The van der Waals surface area contributed by atoms with Gasteiger partial charge in [0, 0.05) is 65.1 Å². The third-order valence-electron chi connectivity index (χ3n) is 18.0. The van der Waals surface area contributed by atoms with Crippen LogP contribution in [0.1, 0.15) is 125 Å². The predicted molar refractivity (Wildman–Crippen MR) is 364 cm³/mol. The van der Waals surface area contributed by atoms with Gasteiger partial charge in [0.15, 0.2) is 23.1 Å². The van der Waals surface area contributed by atoms with E-state index >= 15 is 17.6 Å². The zero-order valence-electron chi connectivity index (χ0n) is 54.5. The molecule has 3 atom stereocenters. The highest BCUT2D eigenvalue weighted by Crippen LogP contribution is 2.44. The van der Waals surface area contributed by atoms with Crippen LogP contribution in [0.25, 0.3) is 42.9 Å². The number of ether oxygens (including phenoxy) is 10. The molecule has 1 saturated carbocycles. The van der Waals surface area contributed by atoms with Gasteiger partial charge in [0.2, 0.25) is 5.13 Å². The second-order valence-corrected chi connectivity index (χ2v) is 25.8. The van der Waals surface area contributed by atoms with E-state index in [1.807, 2.05) is 36.4 Å². The average molecular weight is 1340 g/mol. The monoisotopic (exact) mass is 1340 g/mol. The topological polar surface area (TPSA) is 158 Å². The molecule has 0 N–H and O–H groups in total. The normalized spacial score (nSPS) is 16.5. The standard InChI is InChI=1S/C76H83F4N3O12S/c1-4-68(84)92-42-19-7-6-15-37-83(74-82-62-34-28-52-21-11-12-22-58(52)72(62)96-74)81-46-55-45-65(59-23-13-14-24-60(59)71(55)94-73(85)54-29-36-63(66(44-54)86-3)91-41-18-9-8-16-39-88-48-75(5-2)49-89-50-75)95-76(79,80)61-33-32-57(69(77)70(61)78)53-26-30-56(31-27-53)90-40-20-10-17-38-87-47-51-25-35-64-67(43-51)93-64/h4,11-14,21-24,26-34,36,44-46,51,64,67H,1,5-10,15-20,25,35,37-43,47-50H2,2-3H3/b81-46+. The summed E-state index contributed by atoms with van der Waals surface area (Å²) in [5.41, 5.74) is -0.353. The van der Waals surface area contributed by atoms with Gasteiger partial charge >= 0.3 is 18.0 Å². The number of epoxide rings is 1. The molecule has 96 heavy (non-hydrogen) atoms. The number of hydrazone groups is 1. The van der Waals surface area contributed by atoms with Crippen LogP contribution < -0.4 is 28.7 Å². The lowest BCUT2D eigenvalue weighted by molar-refractivity contribution is -0.187. The molecule has 20 heteroatoms. The molecule has 0 spiro atoms. The number of anilines is 1. The van der Waals surface area contributed by atoms with Gasteiger partial charge in [0.1, 0.15) is 22.8 Å². The van der Waals surface area contributed by atoms with Crippen molar-refractivity contribution in [2.24, 2.45) is 16.4 Å². The van der Waals surface area contributed by atoms with Crippen molar-refractivity contribution in [3.63, 3.8) is 0 Å². The SMILES string of the molecule is C=CC(=O)OCCCCCCN(/N=C/c1cc(OC(F)(F)c2ccc(-c3ccc(OCCCCCOCC4CCC5OC5C4)cc3)c(F)c2F)c2ccccc2c1OC(=O)c1ccc(OCCCCCCOCC2(CC)COC2)c(OC)c1)c1nc2ccc3ccccc3c2s1. The number of carbonyl (C=O) groups is 2. The molecule has 8 aromatic rings. The number of rotatable bonds is 38. The summed E-state index contributed by atoms with van der Waals surface area (Å²) in [5.74, 6) is -3.35. The Kier molecular flexibility index (Phi) is 23.9. The second kappa shape index (κ2) is 33.2. The number of alkyl halides is 2. The summed E-state index contributed by atoms with van der Waals surface area (Å²) < 4.78 is 125. The number of fused-ring (bicyclic) bond motifs is 5. The molecule has 3 aliphatic rings. The quantitative estimate of drug-likeness (QED) is 0.00526. The molecule has 3 fully saturated rings. The molecule has 2 aliphatic heterocycles. The number of hydrogen-bond acceptors (Lipinski definition) is 16. The summed E-state index contributed by atoms with van der Waals surface area (Å²) in [6.45, 7) is 11.4. The highest BCUT2D eigenvalue weighted by atomic mass is 32.1. The minimum atomic E-state index is -4.47. The number of unbranched alkanes of at least 4 members (excludes halogenated alkanes) is 8. The van der Waals surface area contributed by atoms with E-state index in [-0.39, 0.29) is 56.5 Å². The fourth-order valence-corrected chi connectivity index (χ4v) is 13.2. The summed E-state index contributed by atoms with van der Waals surface area (Å²) in [6, 6.07) is 32.3. The van der Waals surface area contributed by atoms with Crippen molar-refractivity contribution < 1.29 is 74.5 Å². The van der Waals surface area contributed by atoms with Crippen molar-refractivity contribution in [2.75, 3.05) is 78.1 Å². The zero-order chi connectivity index (χ0) is 66.9. The van der Waals surface area contributed by atoms with E-state index in [0.29, 0.717) is 93.6 Å². The number of aromatic nitrogens is 1. The van der Waals surface area contributed by atoms with Gasteiger partial charge in [0.05, 0.1) is 81.0 Å². The third kappa shape index (κ3) is 17.7. The highest BCUT2D eigenvalue weighted by Gasteiger charge is 2.44. The van der Waals surface area contributed by atoms with E-state index in [9.17, 15) is 9.59 Å². The van der Waals surface area contributed by atoms with Crippen molar-refractivity contribution in [1.82, 2.24) is 4.98 Å². The first-order chi connectivity index (χ1) is 46.8. The van der Waals surface area contributed by atoms with E-state index < -0.39 is 41.0 Å². The number of esters is 2. The van der Waals surface area contributed by atoms with Crippen molar-refractivity contribution in [3.8, 4) is 39.9 Å². The molecule has 15 nitrogen and oxygen atoms in total. The maximum Gasteiger partial charge on any atom is 0.429 e. The Morgan fingerprint density at radius 3 is 2.21 bits per heavy atom. The molecule has 3 unspecified atom stereocenters. The van der Waals surface area contributed by atoms with Crippen molar-refractivity contribution in [1.29, 1.82) is 0 Å². The Morgan fingerprint density at radius 2 is 1.46 bits per heavy atom. The van der Waals surface area contributed by atoms with Gasteiger partial charge in [-0.2, -0.15) is 13.9 Å². The van der Waals surface area contributed by atoms with Crippen LogP contribution in [0.4, 0.5) is 22.7 Å². The second-order valence-electron chi connectivity index (χ2n) is 24.8. The Balaban J connectivity index is 0.817. The van der Waals surface area contributed by atoms with Crippen LogP contribution in [0.5, 0.6) is 28.7 Å². The van der Waals surface area contributed by atoms with E-state index in [1.54, 1.807) is 59.6 Å². The van der Waals surface area contributed by atoms with E-state index in [4.69, 9.17) is 57.5 Å². The van der Waals surface area contributed by atoms with Crippen LogP contribution in [0, 0.1) is 23.0 Å². The van der Waals surface area contributed by atoms with E-state index in [1.165, 1.54) is 42.9 Å². The first-order valence-electron chi connectivity index (χ1n) is 33.5. The molecule has 1 aliphatic carbocycles. The van der Waals surface area contributed by atoms with E-state index in [2.05, 4.69) is 13.5 Å². The average Bonchev–Trinajstić information content (AvgIpc) is 0.910. The number of benzene rings is 7. The summed E-state index contributed by atoms with van der Waals surface area (Å²) in [4.78, 5) is 31.2. The molecule has 508 valence electrons. The molecule has 0 radical (unpaired) electrons. The van der Waals surface area contributed by atoms with Gasteiger partial charge in [-0.1, -0.05) is 110 Å². The lowest BCUT2D eigenvalue weighted by atomic mass is 9.84. The van der Waals surface area contributed by atoms with Gasteiger partial charge < -0.3 is 47.4 Å². The molecular weight excluding hydrogens is 1250 g/mol. The number of nitrogens with zero attached hydrogens (tertiary/aromatic N) is 3. The van der Waals surface area contributed by atoms with Crippen LogP contribution in [-0.4, -0.2) is 108 Å². The molecule has 0 amide bonds. The maximum absolute atomic E-state index is 16.9. The molecule has 2 saturated heterocycles. The van der Waals surface area contributed by atoms with Crippen LogP contribution in [0.3, 0.4) is 0 Å². The van der Waals surface area contributed by atoms with Crippen molar-refractivity contribution in [3.05, 3.63) is 162 Å². The van der Waals surface area contributed by atoms with Gasteiger partial charge in [-0.3, -0.25) is 0 Å². The van der Waals surface area contributed by atoms with Crippen LogP contribution in [0.15, 0.2) is 139 Å². The first kappa shape index (κ1) is 69.2. The summed E-state index contributed by atoms with van der Waals surface area (Å²) in [7, 11) is 1.47. The fraction of sp³-hybridized carbons (Fsp3) is 0.421. The Labute approximate surface area is 561 Å². The van der Waals surface area contributed by atoms with Gasteiger partial charge in [-0.25, -0.2) is 28.4 Å². The molecule has 11 rings (SSSR count). The number of hydrogen-bond donors (Lipinski definition) is 0. The van der Waals surface area contributed by atoms with Crippen LogP contribution in [0.2, 0.25) is 0 Å². The van der Waals surface area contributed by atoms with Gasteiger partial charge in [0.25, 0.3) is 0 Å². The van der Waals surface area contributed by atoms with Gasteiger partial charge in [-0.05, 0) is 149 Å². The fourth-order valence-electron chi connectivity index (χ4n) is 12.1. The molecule has 1 aromatic heterocycles. The Bertz CT molecular complexity index is 3970. The van der Waals surface area contributed by atoms with Crippen molar-refractivity contribution >= 4 is 66.4 Å². The summed E-state index contributed by atoms with van der Waals surface area (Å²) in [6.07, 6.45) is 12.2. The minimum absolute atomic E-state index is 0.0151. The lowest BCUT2D eigenvalue weighted by Gasteiger charge is -2.40. The van der Waals surface area contributed by atoms with Crippen LogP contribution >= 0.6 is 11.3 Å². The van der Waals surface area contributed by atoms with Crippen molar-refractivity contribution in [2.45, 2.75) is 122 Å². The molecule has 0 bridgehead atoms. The highest BCUT2D eigenvalue weighted by molar-refractivity contribution is 7.23. The molecular formula is C76H83F4N3O12S. The van der Waals surface area contributed by atoms with Gasteiger partial charge in [-0.15, -0.1) is 0 Å². The summed E-state index contributed by atoms with van der Waals surface area (Å²) >= 11 is 1.42. The number of halogens is 4. The number of carbonyl (C=O) groups excluding carboxylic acids is 2. The molecule has 7 aromatic carbocycles. The first-order valence-corrected chi connectivity index (χ1v) is 34.3. The zero-order valence-corrected chi connectivity index (χ0v) is 55.3. The Hall–Kier alpha value is -8.14.